The van der Waals surface area contributed by atoms with E-state index in [1.807, 2.05) is 10.7 Å². The molecule has 1 fully saturated rings. The topological polar surface area (TPSA) is 116 Å². The monoisotopic (exact) mass is 606 g/mol. The first kappa shape index (κ1) is 26.8. The minimum atomic E-state index is -0.741. The smallest absolute Gasteiger partial charge is 0.270 e. The molecule has 0 atom stereocenters. The summed E-state index contributed by atoms with van der Waals surface area (Å²) in [4.78, 5) is 26.8. The van der Waals surface area contributed by atoms with Crippen molar-refractivity contribution in [3.8, 4) is 34.2 Å². The van der Waals surface area contributed by atoms with Crippen molar-refractivity contribution < 1.29 is 23.0 Å². The van der Waals surface area contributed by atoms with Crippen LogP contribution >= 0.6 is 0 Å². The van der Waals surface area contributed by atoms with Crippen molar-refractivity contribution >= 4 is 22.5 Å². The third kappa shape index (κ3) is 4.80. The molecule has 2 N–H and O–H groups in total. The summed E-state index contributed by atoms with van der Waals surface area (Å²) in [5.41, 5.74) is 3.29. The van der Waals surface area contributed by atoms with Crippen LogP contribution in [-0.2, 0) is 13.0 Å². The van der Waals surface area contributed by atoms with E-state index in [1.165, 1.54) is 53.1 Å². The molecule has 224 valence electrons. The molecule has 1 aliphatic carbocycles. The van der Waals surface area contributed by atoms with Gasteiger partial charge < -0.3 is 14.8 Å². The number of aromatic amines is 1. The minimum absolute atomic E-state index is 0.0197. The summed E-state index contributed by atoms with van der Waals surface area (Å²) in [5.74, 6) is -1.27. The number of hydrogen-bond acceptors (Lipinski definition) is 6. The quantitative estimate of drug-likeness (QED) is 0.220. The summed E-state index contributed by atoms with van der Waals surface area (Å²) in [5, 5.41) is 14.8. The number of aryl methyl sites for hydroxylation is 2. The molecule has 1 amide bonds. The van der Waals surface area contributed by atoms with Gasteiger partial charge in [0.15, 0.2) is 11.6 Å². The molecule has 2 aliphatic rings. The van der Waals surface area contributed by atoms with Gasteiger partial charge >= 0.3 is 0 Å². The molecule has 3 aromatic heterocycles. The average Bonchev–Trinajstić information content (AvgIpc) is 3.37. The van der Waals surface area contributed by atoms with Gasteiger partial charge in [-0.25, -0.2) is 13.3 Å². The number of halogens is 2. The molecule has 8 rings (SSSR count). The van der Waals surface area contributed by atoms with Crippen LogP contribution in [0.4, 0.5) is 14.5 Å². The number of carbonyl (C=O) groups is 1. The molecular weight excluding hydrogens is 582 g/mol. The number of rotatable bonds is 8. The number of carbonyl (C=O) groups excluding carboxylic acids is 1. The van der Waals surface area contributed by atoms with Gasteiger partial charge in [-0.3, -0.25) is 19.4 Å². The predicted octanol–water partition coefficient (Wildman–Crippen LogP) is 6.00. The molecule has 0 unspecified atom stereocenters. The molecule has 0 bridgehead atoms. The standard InChI is InChI=1S/C33H24F2N6O4/c34-20-1-4-22(5-2-20)41-29(44-23-6-7-23)10-8-25(33(41)43)32(42)39-21-3-9-27(26(35)14-21)45-28-13-18-17-38-40-12-11-24(31(18)40)30(28)19-15-36-37-16-19/h1-5,8-10,13-17,23H,6-7,11-12H2,(H,36,37)(H,39,42). The van der Waals surface area contributed by atoms with E-state index >= 15 is 4.39 Å². The van der Waals surface area contributed by atoms with Gasteiger partial charge in [-0.2, -0.15) is 10.2 Å². The van der Waals surface area contributed by atoms with Crippen molar-refractivity contribution in [2.45, 2.75) is 31.9 Å². The predicted molar refractivity (Wildman–Crippen MR) is 161 cm³/mol. The lowest BCUT2D eigenvalue weighted by atomic mass is 9.98. The van der Waals surface area contributed by atoms with Gasteiger partial charge in [0.25, 0.3) is 11.5 Å². The van der Waals surface area contributed by atoms with Crippen LogP contribution in [0.15, 0.2) is 84.0 Å². The molecule has 4 heterocycles. The van der Waals surface area contributed by atoms with E-state index < -0.39 is 23.1 Å². The number of anilines is 1. The van der Waals surface area contributed by atoms with Crippen LogP contribution in [-0.4, -0.2) is 36.6 Å². The fourth-order valence-corrected chi connectivity index (χ4v) is 5.69. The van der Waals surface area contributed by atoms with Gasteiger partial charge in [-0.05, 0) is 79.4 Å². The Bertz CT molecular complexity index is 2170. The Morgan fingerprint density at radius 2 is 1.84 bits per heavy atom. The largest absolute Gasteiger partial charge is 0.475 e. The lowest BCUT2D eigenvalue weighted by Crippen LogP contribution is -2.29. The summed E-state index contributed by atoms with van der Waals surface area (Å²) < 4.78 is 44.2. The zero-order valence-corrected chi connectivity index (χ0v) is 23.6. The fourth-order valence-electron chi connectivity index (χ4n) is 5.69. The summed E-state index contributed by atoms with van der Waals surface area (Å²) in [7, 11) is 0. The van der Waals surface area contributed by atoms with Crippen LogP contribution in [0.25, 0.3) is 27.7 Å². The second kappa shape index (κ2) is 10.4. The van der Waals surface area contributed by atoms with Crippen LogP contribution in [0.1, 0.15) is 28.8 Å². The molecule has 1 saturated carbocycles. The molecule has 6 aromatic rings. The first-order chi connectivity index (χ1) is 21.9. The van der Waals surface area contributed by atoms with Crippen LogP contribution in [0, 0.1) is 11.6 Å². The Labute approximate surface area is 253 Å². The highest BCUT2D eigenvalue weighted by Gasteiger charge is 2.27. The number of nitrogens with zero attached hydrogens (tertiary/aromatic N) is 4. The van der Waals surface area contributed by atoms with Crippen LogP contribution in [0.2, 0.25) is 0 Å². The summed E-state index contributed by atoms with van der Waals surface area (Å²) in [6.45, 7) is 0.737. The van der Waals surface area contributed by atoms with Crippen molar-refractivity contribution in [3.05, 3.63) is 112 Å². The minimum Gasteiger partial charge on any atom is -0.475 e. The lowest BCUT2D eigenvalue weighted by Gasteiger charge is -2.16. The maximum Gasteiger partial charge on any atom is 0.270 e. The van der Waals surface area contributed by atoms with Gasteiger partial charge in [0.2, 0.25) is 5.88 Å². The number of ether oxygens (including phenoxy) is 2. The van der Waals surface area contributed by atoms with Gasteiger partial charge in [0, 0.05) is 41.0 Å². The Balaban J connectivity index is 1.08. The number of pyridine rings is 1. The van der Waals surface area contributed by atoms with Gasteiger partial charge in [-0.1, -0.05) is 0 Å². The maximum atomic E-state index is 15.5. The van der Waals surface area contributed by atoms with E-state index in [4.69, 9.17) is 9.47 Å². The van der Waals surface area contributed by atoms with Crippen LogP contribution < -0.4 is 20.3 Å². The Kier molecular flexibility index (Phi) is 6.22. The van der Waals surface area contributed by atoms with Gasteiger partial charge in [0.05, 0.1) is 23.6 Å². The van der Waals surface area contributed by atoms with Crippen LogP contribution in [0.3, 0.4) is 0 Å². The Morgan fingerprint density at radius 1 is 1.00 bits per heavy atom. The zero-order valence-electron chi connectivity index (χ0n) is 23.6. The van der Waals surface area contributed by atoms with E-state index in [0.29, 0.717) is 11.4 Å². The third-order valence-corrected chi connectivity index (χ3v) is 7.95. The molecule has 0 radical (unpaired) electrons. The number of hydrogen-bond donors (Lipinski definition) is 2. The first-order valence-corrected chi connectivity index (χ1v) is 14.4. The SMILES string of the molecule is O=C(Nc1ccc(Oc2cc3cnn4c3c(c2-c2cn[nH]c2)CC4)c(F)c1)c1ccc(OC2CC2)n(-c2ccc(F)cc2)c1=O. The lowest BCUT2D eigenvalue weighted by molar-refractivity contribution is 0.102. The molecule has 3 aromatic carbocycles. The molecule has 0 saturated heterocycles. The number of benzene rings is 3. The van der Waals surface area contributed by atoms with Crippen molar-refractivity contribution in [2.24, 2.45) is 0 Å². The van der Waals surface area contributed by atoms with E-state index in [1.54, 1.807) is 18.6 Å². The van der Waals surface area contributed by atoms with Crippen molar-refractivity contribution in [3.63, 3.8) is 0 Å². The molecule has 12 heteroatoms. The second-order valence-corrected chi connectivity index (χ2v) is 11.0. The summed E-state index contributed by atoms with van der Waals surface area (Å²) in [6, 6.07) is 14.1. The summed E-state index contributed by atoms with van der Waals surface area (Å²) in [6.07, 6.45) is 7.65. The molecule has 45 heavy (non-hydrogen) atoms. The highest BCUT2D eigenvalue weighted by molar-refractivity contribution is 6.04. The highest BCUT2D eigenvalue weighted by atomic mass is 19.1. The van der Waals surface area contributed by atoms with E-state index in [-0.39, 0.29) is 29.0 Å². The van der Waals surface area contributed by atoms with E-state index in [9.17, 15) is 14.0 Å². The van der Waals surface area contributed by atoms with Crippen molar-refractivity contribution in [2.75, 3.05) is 5.32 Å². The molecule has 0 spiro atoms. The normalized spacial score (nSPS) is 13.7. The number of nitrogens with one attached hydrogen (secondary N) is 2. The van der Waals surface area contributed by atoms with E-state index in [0.717, 1.165) is 59.5 Å². The van der Waals surface area contributed by atoms with Crippen molar-refractivity contribution in [1.29, 1.82) is 0 Å². The zero-order chi connectivity index (χ0) is 30.7. The molecule has 1 aliphatic heterocycles. The highest BCUT2D eigenvalue weighted by Crippen LogP contribution is 2.43. The first-order valence-electron chi connectivity index (χ1n) is 14.4. The summed E-state index contributed by atoms with van der Waals surface area (Å²) >= 11 is 0. The second-order valence-electron chi connectivity index (χ2n) is 11.0. The molecule has 10 nitrogen and oxygen atoms in total. The van der Waals surface area contributed by atoms with E-state index in [2.05, 4.69) is 20.6 Å². The van der Waals surface area contributed by atoms with Crippen molar-refractivity contribution in [1.82, 2.24) is 24.5 Å². The number of H-pyrrole nitrogens is 1. The average molecular weight is 607 g/mol. The van der Waals surface area contributed by atoms with Gasteiger partial charge in [0.1, 0.15) is 23.2 Å². The number of amides is 1. The fraction of sp³-hybridized carbons (Fsp3) is 0.152. The number of aromatic nitrogens is 5. The van der Waals surface area contributed by atoms with Crippen LogP contribution in [0.5, 0.6) is 17.4 Å². The maximum absolute atomic E-state index is 15.5. The third-order valence-electron chi connectivity index (χ3n) is 7.95. The Morgan fingerprint density at radius 3 is 2.60 bits per heavy atom. The molecular formula is C33H24F2N6O4. The Hall–Kier alpha value is -5.78. The van der Waals surface area contributed by atoms with Gasteiger partial charge in [-0.15, -0.1) is 0 Å².